The van der Waals surface area contributed by atoms with Gasteiger partial charge in [0.05, 0.1) is 39.5 Å². The maximum atomic E-state index is 5.17. The number of fused-ring (bicyclic) bond motifs is 5. The molecule has 11 rings (SSSR count). The number of aromatic nitrogens is 2. The lowest BCUT2D eigenvalue weighted by Crippen LogP contribution is -2.18. The molecule has 0 spiro atoms. The molecule has 9 aromatic rings. The molecular formula is C54H35N3. The van der Waals surface area contributed by atoms with Crippen molar-refractivity contribution >= 4 is 38.8 Å². The minimum Gasteiger partial charge on any atom is -0.309 e. The van der Waals surface area contributed by atoms with Crippen LogP contribution in [0.15, 0.2) is 224 Å². The van der Waals surface area contributed by atoms with Crippen LogP contribution in [0, 0.1) is 0 Å². The predicted octanol–water partition coefficient (Wildman–Crippen LogP) is 14.0. The van der Waals surface area contributed by atoms with Crippen molar-refractivity contribution in [3.05, 3.63) is 229 Å². The molecular weight excluding hydrogens is 691 g/mol. The topological polar surface area (TPSA) is 21.1 Å². The second-order valence-corrected chi connectivity index (χ2v) is 14.5. The Balaban J connectivity index is 1.15. The molecule has 0 unspecified atom stereocenters. The smallest absolute Gasteiger partial charge is 0.0896 e. The van der Waals surface area contributed by atoms with Gasteiger partial charge in [0, 0.05) is 44.3 Å². The monoisotopic (exact) mass is 725 g/mol. The highest BCUT2D eigenvalue weighted by molar-refractivity contribution is 6.10. The summed E-state index contributed by atoms with van der Waals surface area (Å²) in [6, 6.07) is 67.4. The SMILES string of the molecule is C1=C2C=CC=CC=1N(c1ccc(-n3c4ccccc4c4ccccc43)c(-c3cccc(-c4cc(-c5ccccc5)nc(-c5ccccc5)c4)c3)c1)c1ccccc12. The summed E-state index contributed by atoms with van der Waals surface area (Å²) in [6.07, 6.45) is 8.50. The summed E-state index contributed by atoms with van der Waals surface area (Å²) in [7, 11) is 0. The molecule has 3 nitrogen and oxygen atoms in total. The van der Waals surface area contributed by atoms with Crippen LogP contribution in [0.3, 0.4) is 0 Å². The van der Waals surface area contributed by atoms with Crippen molar-refractivity contribution in [1.29, 1.82) is 0 Å². The first-order chi connectivity index (χ1) is 28.3. The summed E-state index contributed by atoms with van der Waals surface area (Å²) < 4.78 is 2.43. The maximum Gasteiger partial charge on any atom is 0.0896 e. The van der Waals surface area contributed by atoms with Gasteiger partial charge in [-0.15, -0.1) is 0 Å². The molecule has 0 amide bonds. The maximum absolute atomic E-state index is 5.17. The average molecular weight is 726 g/mol. The molecule has 0 atom stereocenters. The second kappa shape index (κ2) is 13.5. The number of hydrogen-bond donors (Lipinski definition) is 0. The van der Waals surface area contributed by atoms with Gasteiger partial charge in [-0.3, -0.25) is 0 Å². The van der Waals surface area contributed by atoms with Crippen LogP contribution in [0.4, 0.5) is 11.4 Å². The number of pyridine rings is 1. The van der Waals surface area contributed by atoms with Crippen LogP contribution < -0.4 is 4.90 Å². The molecule has 0 saturated heterocycles. The lowest BCUT2D eigenvalue weighted by Gasteiger charge is -2.30. The van der Waals surface area contributed by atoms with Gasteiger partial charge in [-0.05, 0) is 83.4 Å². The Morgan fingerprint density at radius 3 is 1.72 bits per heavy atom. The fourth-order valence-electron chi connectivity index (χ4n) is 8.46. The Bertz CT molecular complexity index is 3050. The van der Waals surface area contributed by atoms with Crippen molar-refractivity contribution < 1.29 is 0 Å². The van der Waals surface area contributed by atoms with E-state index in [1.807, 2.05) is 0 Å². The van der Waals surface area contributed by atoms with E-state index in [1.54, 1.807) is 0 Å². The zero-order valence-electron chi connectivity index (χ0n) is 31.0. The molecule has 3 heteroatoms. The lowest BCUT2D eigenvalue weighted by molar-refractivity contribution is 1.16. The first-order valence-corrected chi connectivity index (χ1v) is 19.4. The third-order valence-electron chi connectivity index (χ3n) is 11.1. The normalized spacial score (nSPS) is 13.0. The molecule has 0 N–H and O–H groups in total. The third-order valence-corrected chi connectivity index (χ3v) is 11.1. The number of benzene rings is 7. The molecule has 3 heterocycles. The zero-order valence-corrected chi connectivity index (χ0v) is 31.0. The highest BCUT2D eigenvalue weighted by atomic mass is 15.2. The van der Waals surface area contributed by atoms with E-state index in [0.29, 0.717) is 0 Å². The van der Waals surface area contributed by atoms with Gasteiger partial charge in [-0.2, -0.15) is 0 Å². The molecule has 7 aromatic carbocycles. The molecule has 2 bridgehead atoms. The summed E-state index contributed by atoms with van der Waals surface area (Å²) in [5.41, 5.74) is 21.2. The van der Waals surface area contributed by atoms with Crippen molar-refractivity contribution in [2.45, 2.75) is 0 Å². The molecule has 1 aliphatic heterocycles. The quantitative estimate of drug-likeness (QED) is 0.159. The molecule has 0 fully saturated rings. The van der Waals surface area contributed by atoms with Gasteiger partial charge in [0.1, 0.15) is 0 Å². The second-order valence-electron chi connectivity index (χ2n) is 14.5. The minimum absolute atomic E-state index is 0.945. The van der Waals surface area contributed by atoms with Crippen LogP contribution in [-0.4, -0.2) is 9.55 Å². The number of nitrogens with zero attached hydrogens (tertiary/aromatic N) is 3. The fraction of sp³-hybridized carbons (Fsp3) is 0. The Kier molecular flexibility index (Phi) is 7.77. The number of allylic oxidation sites excluding steroid dienone is 4. The summed E-state index contributed by atoms with van der Waals surface area (Å²) >= 11 is 0. The summed E-state index contributed by atoms with van der Waals surface area (Å²) in [5.74, 6) is 0. The van der Waals surface area contributed by atoms with Gasteiger partial charge in [-0.25, -0.2) is 4.98 Å². The van der Waals surface area contributed by atoms with Crippen molar-refractivity contribution in [3.8, 4) is 50.5 Å². The van der Waals surface area contributed by atoms with E-state index in [4.69, 9.17) is 4.98 Å². The Hall–Kier alpha value is -7.71. The van der Waals surface area contributed by atoms with Gasteiger partial charge in [0.15, 0.2) is 0 Å². The van der Waals surface area contributed by atoms with Gasteiger partial charge in [-0.1, -0.05) is 151 Å². The zero-order chi connectivity index (χ0) is 37.7. The van der Waals surface area contributed by atoms with Gasteiger partial charge < -0.3 is 9.47 Å². The van der Waals surface area contributed by atoms with Crippen molar-refractivity contribution in [2.75, 3.05) is 4.90 Å². The molecule has 0 radical (unpaired) electrons. The van der Waals surface area contributed by atoms with Crippen LogP contribution in [0.25, 0.3) is 77.8 Å². The van der Waals surface area contributed by atoms with E-state index in [-0.39, 0.29) is 0 Å². The number of anilines is 2. The summed E-state index contributed by atoms with van der Waals surface area (Å²) in [6.45, 7) is 0. The van der Waals surface area contributed by atoms with E-state index in [1.165, 1.54) is 21.8 Å². The highest BCUT2D eigenvalue weighted by Crippen LogP contribution is 2.44. The standard InChI is InChI=1S/C54H35N3/c1-3-16-37(17-4-1)49-34-42(35-50(55-49)38-18-5-2-6-19-38)39-21-15-22-40(32-39)48-36-44(56-43-23-8-7-20-41(33-43)45-24-9-12-27-51(45)56)30-31-54(48)57-52-28-13-10-25-46(52)47-26-11-14-29-53(47)57/h1-32,34-36H. The van der Waals surface area contributed by atoms with Crippen molar-refractivity contribution in [2.24, 2.45) is 0 Å². The lowest BCUT2D eigenvalue weighted by atomic mass is 9.95. The van der Waals surface area contributed by atoms with Crippen LogP contribution in [0.1, 0.15) is 5.56 Å². The van der Waals surface area contributed by atoms with Crippen LogP contribution in [0.5, 0.6) is 0 Å². The Morgan fingerprint density at radius 1 is 0.404 bits per heavy atom. The molecule has 0 saturated carbocycles. The van der Waals surface area contributed by atoms with Crippen molar-refractivity contribution in [1.82, 2.24) is 9.55 Å². The third kappa shape index (κ3) is 5.65. The first kappa shape index (κ1) is 32.7. The molecule has 266 valence electrons. The first-order valence-electron chi connectivity index (χ1n) is 19.4. The predicted molar refractivity (Wildman–Crippen MR) is 238 cm³/mol. The van der Waals surface area contributed by atoms with Crippen LogP contribution in [0.2, 0.25) is 0 Å². The number of rotatable bonds is 6. The molecule has 2 aliphatic rings. The minimum atomic E-state index is 0.945. The van der Waals surface area contributed by atoms with Crippen LogP contribution >= 0.6 is 0 Å². The highest BCUT2D eigenvalue weighted by Gasteiger charge is 2.24. The fourth-order valence-corrected chi connectivity index (χ4v) is 8.46. The van der Waals surface area contributed by atoms with E-state index >= 15 is 0 Å². The molecule has 2 aromatic heterocycles. The summed E-state index contributed by atoms with van der Waals surface area (Å²) in [4.78, 5) is 7.51. The summed E-state index contributed by atoms with van der Waals surface area (Å²) in [5, 5.41) is 2.47. The van der Waals surface area contributed by atoms with E-state index in [9.17, 15) is 0 Å². The Morgan fingerprint density at radius 2 is 1.00 bits per heavy atom. The van der Waals surface area contributed by atoms with E-state index in [0.717, 1.165) is 78.7 Å². The molecule has 1 aliphatic carbocycles. The van der Waals surface area contributed by atoms with E-state index in [2.05, 4.69) is 228 Å². The van der Waals surface area contributed by atoms with Gasteiger partial charge in [0.2, 0.25) is 0 Å². The number of para-hydroxylation sites is 3. The largest absolute Gasteiger partial charge is 0.309 e. The van der Waals surface area contributed by atoms with E-state index < -0.39 is 0 Å². The average Bonchev–Trinajstić information content (AvgIpc) is 3.47. The van der Waals surface area contributed by atoms with Crippen molar-refractivity contribution in [3.63, 3.8) is 0 Å². The Labute approximate surface area is 331 Å². The number of hydrogen-bond acceptors (Lipinski definition) is 2. The van der Waals surface area contributed by atoms with Gasteiger partial charge in [0.25, 0.3) is 0 Å². The molecule has 57 heavy (non-hydrogen) atoms. The van der Waals surface area contributed by atoms with Crippen LogP contribution in [-0.2, 0) is 0 Å². The van der Waals surface area contributed by atoms with Gasteiger partial charge >= 0.3 is 0 Å².